The molecule has 0 radical (unpaired) electrons. The van der Waals surface area contributed by atoms with Gasteiger partial charge in [0, 0.05) is 67.1 Å². The van der Waals surface area contributed by atoms with Gasteiger partial charge in [0.25, 0.3) is 0 Å². The van der Waals surface area contributed by atoms with Gasteiger partial charge in [-0.05, 0) is 102 Å². The zero-order valence-corrected chi connectivity index (χ0v) is 34.7. The van der Waals surface area contributed by atoms with E-state index in [4.69, 9.17) is 13.3 Å². The average molecular weight is 813 g/mol. The first-order valence-corrected chi connectivity index (χ1v) is 21.7. The maximum absolute atomic E-state index is 6.72. The van der Waals surface area contributed by atoms with Gasteiger partial charge >= 0.3 is 0 Å². The van der Waals surface area contributed by atoms with Crippen LogP contribution in [0, 0.1) is 19.8 Å². The third-order valence-electron chi connectivity index (χ3n) is 13.2. The molecule has 13 rings (SSSR count). The monoisotopic (exact) mass is 812 g/mol. The van der Waals surface area contributed by atoms with E-state index in [2.05, 4.69) is 218 Å². The van der Waals surface area contributed by atoms with E-state index >= 15 is 0 Å². The number of benzene rings is 8. The van der Waals surface area contributed by atoms with Crippen LogP contribution in [0.5, 0.6) is 0 Å². The van der Waals surface area contributed by atoms with E-state index in [0.29, 0.717) is 0 Å². The zero-order valence-electron chi connectivity index (χ0n) is 34.7. The van der Waals surface area contributed by atoms with E-state index in [1.807, 2.05) is 0 Å². The number of allylic oxidation sites excluding steroid dienone is 4. The lowest BCUT2D eigenvalue weighted by atomic mass is 9.77. The van der Waals surface area contributed by atoms with E-state index in [-0.39, 0.29) is 11.8 Å². The van der Waals surface area contributed by atoms with Crippen molar-refractivity contribution in [2.75, 3.05) is 9.80 Å². The fourth-order valence-electron chi connectivity index (χ4n) is 10.3. The van der Waals surface area contributed by atoms with Crippen molar-refractivity contribution >= 4 is 100 Å². The fraction of sp³-hybridized carbons (Fsp3) is 0.0690. The maximum Gasteiger partial charge on any atom is 0.159 e. The standard InChI is InChI=1S/C58H40N2O3/c1-35-13-9-19-45-47-21-11-23-49(57(47)62-55(35)45)59(39-15-5-3-6-16-39)41-27-29-43-37(33-41)25-31-51-53(43)54-44-30-28-42(34-38(44)26-32-52(54)61-51)60(40-17-7-4-8-18-40)50-24-12-22-48-46-20-10-14-36(2)56(46)63-58(48)50/h3-34,37,43H,1-2H3. The Balaban J connectivity index is 0.925. The Morgan fingerprint density at radius 1 is 0.444 bits per heavy atom. The summed E-state index contributed by atoms with van der Waals surface area (Å²) >= 11 is 0. The van der Waals surface area contributed by atoms with Crippen molar-refractivity contribution in [3.8, 4) is 0 Å². The number of aryl methyl sites for hydroxylation is 2. The molecule has 5 heteroatoms. The SMILES string of the molecule is Cc1cccc2c1oc1c(N(C3=CC4C=Cc5oc6ccc7cc(N(c8ccccc8)c8cccc9c8oc8c(C)cccc89)ccc7c6c5C4C=C3)c3ccccc3)cccc12. The third-order valence-corrected chi connectivity index (χ3v) is 13.2. The van der Waals surface area contributed by atoms with Gasteiger partial charge in [-0.3, -0.25) is 0 Å². The lowest BCUT2D eigenvalue weighted by Gasteiger charge is -2.32. The normalized spacial score (nSPS) is 15.7. The number of anilines is 5. The van der Waals surface area contributed by atoms with E-state index in [1.54, 1.807) is 0 Å². The summed E-state index contributed by atoms with van der Waals surface area (Å²) in [7, 11) is 0. The van der Waals surface area contributed by atoms with Crippen molar-refractivity contribution in [1.82, 2.24) is 0 Å². The van der Waals surface area contributed by atoms with Crippen molar-refractivity contribution in [3.05, 3.63) is 216 Å². The molecular weight excluding hydrogens is 773 g/mol. The van der Waals surface area contributed by atoms with Crippen LogP contribution in [0.4, 0.5) is 28.4 Å². The Kier molecular flexibility index (Phi) is 7.79. The largest absolute Gasteiger partial charge is 0.456 e. The minimum atomic E-state index is 0.0949. The molecule has 3 aromatic heterocycles. The van der Waals surface area contributed by atoms with Crippen LogP contribution in [0.3, 0.4) is 0 Å². The van der Waals surface area contributed by atoms with Crippen LogP contribution in [-0.4, -0.2) is 0 Å². The van der Waals surface area contributed by atoms with Gasteiger partial charge in [-0.15, -0.1) is 0 Å². The van der Waals surface area contributed by atoms with Crippen molar-refractivity contribution < 1.29 is 13.3 Å². The first kappa shape index (κ1) is 35.7. The quantitative estimate of drug-likeness (QED) is 0.167. The van der Waals surface area contributed by atoms with Crippen LogP contribution in [0.25, 0.3) is 71.7 Å². The first-order chi connectivity index (χ1) is 31.1. The van der Waals surface area contributed by atoms with Gasteiger partial charge in [-0.25, -0.2) is 0 Å². The molecule has 8 aromatic carbocycles. The molecule has 0 bridgehead atoms. The predicted octanol–water partition coefficient (Wildman–Crippen LogP) is 16.5. The van der Waals surface area contributed by atoms with Crippen LogP contribution < -0.4 is 9.80 Å². The van der Waals surface area contributed by atoms with Gasteiger partial charge in [0.05, 0.1) is 11.4 Å². The van der Waals surface area contributed by atoms with Gasteiger partial charge in [-0.2, -0.15) is 0 Å². The van der Waals surface area contributed by atoms with E-state index in [9.17, 15) is 0 Å². The van der Waals surface area contributed by atoms with E-state index < -0.39 is 0 Å². The lowest BCUT2D eigenvalue weighted by Crippen LogP contribution is -2.21. The number of furan rings is 3. The lowest BCUT2D eigenvalue weighted by molar-refractivity contribution is 0.577. The molecule has 63 heavy (non-hydrogen) atoms. The number of fused-ring (bicyclic) bond motifs is 13. The summed E-state index contributed by atoms with van der Waals surface area (Å²) in [5, 5.41) is 7.95. The molecule has 0 aliphatic heterocycles. The average Bonchev–Trinajstić information content (AvgIpc) is 4.04. The van der Waals surface area contributed by atoms with Crippen LogP contribution in [0.15, 0.2) is 207 Å². The number of rotatable bonds is 6. The Labute approximate surface area is 363 Å². The highest BCUT2D eigenvalue weighted by atomic mass is 16.3. The second-order valence-corrected chi connectivity index (χ2v) is 16.9. The molecule has 2 unspecified atom stereocenters. The molecule has 0 fully saturated rings. The molecule has 2 aliphatic rings. The highest BCUT2D eigenvalue weighted by Crippen LogP contribution is 2.50. The second-order valence-electron chi connectivity index (χ2n) is 16.9. The molecule has 2 atom stereocenters. The molecule has 0 saturated carbocycles. The highest BCUT2D eigenvalue weighted by Gasteiger charge is 2.33. The summed E-state index contributed by atoms with van der Waals surface area (Å²) in [6.45, 7) is 4.22. The van der Waals surface area contributed by atoms with Crippen molar-refractivity contribution in [2.45, 2.75) is 19.8 Å². The molecule has 300 valence electrons. The first-order valence-electron chi connectivity index (χ1n) is 21.7. The molecule has 5 nitrogen and oxygen atoms in total. The summed E-state index contributed by atoms with van der Waals surface area (Å²) < 4.78 is 20.1. The summed E-state index contributed by atoms with van der Waals surface area (Å²) in [5.74, 6) is 1.12. The Morgan fingerprint density at radius 3 is 1.68 bits per heavy atom. The van der Waals surface area contributed by atoms with Gasteiger partial charge in [0.2, 0.25) is 0 Å². The van der Waals surface area contributed by atoms with Crippen LogP contribution >= 0.6 is 0 Å². The third kappa shape index (κ3) is 5.42. The number of para-hydroxylation sites is 6. The Bertz CT molecular complexity index is 3730. The Morgan fingerprint density at radius 2 is 1.03 bits per heavy atom. The fourth-order valence-corrected chi connectivity index (χ4v) is 10.3. The van der Waals surface area contributed by atoms with E-state index in [0.717, 1.165) is 106 Å². The smallest absolute Gasteiger partial charge is 0.159 e. The van der Waals surface area contributed by atoms with Crippen molar-refractivity contribution in [3.63, 3.8) is 0 Å². The summed E-state index contributed by atoms with van der Waals surface area (Å²) in [5.41, 5.74) is 14.3. The summed E-state index contributed by atoms with van der Waals surface area (Å²) in [6.07, 6.45) is 11.5. The van der Waals surface area contributed by atoms with Gasteiger partial charge < -0.3 is 23.1 Å². The molecular formula is C58H40N2O3. The van der Waals surface area contributed by atoms with Gasteiger partial charge in [0.1, 0.15) is 22.5 Å². The number of hydrogen-bond acceptors (Lipinski definition) is 5. The van der Waals surface area contributed by atoms with Crippen LogP contribution in [-0.2, 0) is 0 Å². The number of hydrogen-bond donors (Lipinski definition) is 0. The Hall–Kier alpha value is -8.02. The van der Waals surface area contributed by atoms with Crippen LogP contribution in [0.2, 0.25) is 0 Å². The van der Waals surface area contributed by atoms with E-state index in [1.165, 1.54) is 16.3 Å². The van der Waals surface area contributed by atoms with Crippen molar-refractivity contribution in [2.24, 2.45) is 5.92 Å². The molecule has 0 saturated heterocycles. The second kappa shape index (κ2) is 13.7. The van der Waals surface area contributed by atoms with Crippen LogP contribution in [0.1, 0.15) is 28.4 Å². The minimum Gasteiger partial charge on any atom is -0.456 e. The molecule has 11 aromatic rings. The topological polar surface area (TPSA) is 45.9 Å². The van der Waals surface area contributed by atoms with Gasteiger partial charge in [-0.1, -0.05) is 127 Å². The molecule has 2 aliphatic carbocycles. The zero-order chi connectivity index (χ0) is 41.8. The molecule has 3 heterocycles. The molecule has 0 amide bonds. The molecule has 0 N–H and O–H groups in total. The molecule has 0 spiro atoms. The summed E-state index contributed by atoms with van der Waals surface area (Å²) in [4.78, 5) is 4.65. The maximum atomic E-state index is 6.72. The summed E-state index contributed by atoms with van der Waals surface area (Å²) in [6, 6.07) is 58.0. The van der Waals surface area contributed by atoms with Gasteiger partial charge in [0.15, 0.2) is 11.2 Å². The van der Waals surface area contributed by atoms with Crippen molar-refractivity contribution in [1.29, 1.82) is 0 Å². The highest BCUT2D eigenvalue weighted by molar-refractivity contribution is 6.13. The minimum absolute atomic E-state index is 0.0949. The number of nitrogens with zero attached hydrogens (tertiary/aromatic N) is 2. The predicted molar refractivity (Wildman–Crippen MR) is 260 cm³/mol.